The standard InChI is InChI=1S/C22H24N2O3/c25-20-17-21(26)24(16-8-14-19-11-5-2-6-12-19)22(27)23(20)15-7-13-18-9-3-1-4-10-18/h1-6,9-12H,7-8,13-17H2. The SMILES string of the molecule is O=C1CC(=O)N(CCCc2ccccc2)C(=O)N1CCCc1ccccc1. The van der Waals surface area contributed by atoms with Crippen LogP contribution in [0.5, 0.6) is 0 Å². The molecule has 0 atom stereocenters. The number of hydrogen-bond donors (Lipinski definition) is 0. The molecular weight excluding hydrogens is 340 g/mol. The highest BCUT2D eigenvalue weighted by Crippen LogP contribution is 2.15. The van der Waals surface area contributed by atoms with Crippen LogP contribution in [0.2, 0.25) is 0 Å². The van der Waals surface area contributed by atoms with E-state index in [1.807, 2.05) is 60.7 Å². The molecule has 0 unspecified atom stereocenters. The Morgan fingerprint density at radius 1 is 0.630 bits per heavy atom. The van der Waals surface area contributed by atoms with Crippen LogP contribution in [0, 0.1) is 0 Å². The van der Waals surface area contributed by atoms with Crippen LogP contribution in [0.4, 0.5) is 4.79 Å². The van der Waals surface area contributed by atoms with E-state index in [1.54, 1.807) is 0 Å². The maximum absolute atomic E-state index is 12.6. The Kier molecular flexibility index (Phi) is 6.36. The minimum absolute atomic E-state index is 0.220. The fourth-order valence-electron chi connectivity index (χ4n) is 3.29. The monoisotopic (exact) mass is 364 g/mol. The Bertz CT molecular complexity index is 724. The predicted molar refractivity (Wildman–Crippen MR) is 103 cm³/mol. The maximum Gasteiger partial charge on any atom is 0.333 e. The number of benzene rings is 2. The number of aryl methyl sites for hydroxylation is 2. The molecule has 0 aliphatic carbocycles. The number of barbiturate groups is 1. The number of urea groups is 1. The fraction of sp³-hybridized carbons (Fsp3) is 0.318. The number of imide groups is 2. The molecule has 3 rings (SSSR count). The summed E-state index contributed by atoms with van der Waals surface area (Å²) in [5, 5.41) is 0. The van der Waals surface area contributed by atoms with Gasteiger partial charge in [-0.3, -0.25) is 19.4 Å². The topological polar surface area (TPSA) is 57.7 Å². The van der Waals surface area contributed by atoms with E-state index in [2.05, 4.69) is 0 Å². The quantitative estimate of drug-likeness (QED) is 0.674. The van der Waals surface area contributed by atoms with Crippen LogP contribution in [0.3, 0.4) is 0 Å². The third-order valence-corrected chi connectivity index (χ3v) is 4.75. The number of carbonyl (C=O) groups excluding carboxylic acids is 3. The third-order valence-electron chi connectivity index (χ3n) is 4.75. The zero-order valence-electron chi connectivity index (χ0n) is 15.3. The number of amides is 4. The van der Waals surface area contributed by atoms with Crippen molar-refractivity contribution in [1.82, 2.24) is 9.80 Å². The molecule has 0 N–H and O–H groups in total. The first-order valence-electron chi connectivity index (χ1n) is 9.37. The summed E-state index contributed by atoms with van der Waals surface area (Å²) in [7, 11) is 0. The van der Waals surface area contributed by atoms with Crippen molar-refractivity contribution in [3.8, 4) is 0 Å². The summed E-state index contributed by atoms with van der Waals surface area (Å²) in [4.78, 5) is 39.4. The fourth-order valence-corrected chi connectivity index (χ4v) is 3.29. The Morgan fingerprint density at radius 3 is 1.44 bits per heavy atom. The van der Waals surface area contributed by atoms with Crippen molar-refractivity contribution in [2.24, 2.45) is 0 Å². The van der Waals surface area contributed by atoms with Crippen LogP contribution in [-0.4, -0.2) is 40.7 Å². The van der Waals surface area contributed by atoms with Gasteiger partial charge >= 0.3 is 6.03 Å². The van der Waals surface area contributed by atoms with Crippen molar-refractivity contribution in [3.63, 3.8) is 0 Å². The van der Waals surface area contributed by atoms with Gasteiger partial charge in [0.1, 0.15) is 6.42 Å². The van der Waals surface area contributed by atoms with Gasteiger partial charge < -0.3 is 0 Å². The van der Waals surface area contributed by atoms with Gasteiger partial charge in [0.25, 0.3) is 0 Å². The summed E-state index contributed by atoms with van der Waals surface area (Å²) in [5.41, 5.74) is 2.34. The van der Waals surface area contributed by atoms with Gasteiger partial charge in [0.05, 0.1) is 0 Å². The van der Waals surface area contributed by atoms with E-state index in [0.29, 0.717) is 25.9 Å². The Labute approximate surface area is 159 Å². The van der Waals surface area contributed by atoms with Crippen molar-refractivity contribution in [1.29, 1.82) is 0 Å². The van der Waals surface area contributed by atoms with E-state index in [0.717, 1.165) is 12.8 Å². The molecule has 1 fully saturated rings. The minimum Gasteiger partial charge on any atom is -0.274 e. The maximum atomic E-state index is 12.6. The second kappa shape index (κ2) is 9.12. The lowest BCUT2D eigenvalue weighted by Gasteiger charge is -2.32. The molecule has 5 nitrogen and oxygen atoms in total. The van der Waals surface area contributed by atoms with Gasteiger partial charge in [0, 0.05) is 13.1 Å². The minimum atomic E-state index is -0.475. The second-order valence-electron chi connectivity index (χ2n) is 6.73. The molecular formula is C22H24N2O3. The first-order chi connectivity index (χ1) is 13.1. The van der Waals surface area contributed by atoms with Gasteiger partial charge in [-0.25, -0.2) is 4.79 Å². The van der Waals surface area contributed by atoms with E-state index in [-0.39, 0.29) is 6.42 Å². The lowest BCUT2D eigenvalue weighted by molar-refractivity contribution is -0.142. The van der Waals surface area contributed by atoms with Crippen molar-refractivity contribution >= 4 is 17.8 Å². The molecule has 1 aliphatic heterocycles. The van der Waals surface area contributed by atoms with Crippen molar-refractivity contribution in [3.05, 3.63) is 71.8 Å². The normalized spacial score (nSPS) is 14.7. The first-order valence-corrected chi connectivity index (χ1v) is 9.37. The number of nitrogens with zero attached hydrogens (tertiary/aromatic N) is 2. The first kappa shape index (κ1) is 18.8. The molecule has 1 heterocycles. The number of carbonyl (C=O) groups is 3. The average Bonchev–Trinajstić information content (AvgIpc) is 2.68. The molecule has 0 saturated carbocycles. The van der Waals surface area contributed by atoms with E-state index in [9.17, 15) is 14.4 Å². The van der Waals surface area contributed by atoms with E-state index in [4.69, 9.17) is 0 Å². The molecule has 27 heavy (non-hydrogen) atoms. The van der Waals surface area contributed by atoms with Gasteiger partial charge in [-0.2, -0.15) is 0 Å². The van der Waals surface area contributed by atoms with E-state index < -0.39 is 17.8 Å². The van der Waals surface area contributed by atoms with Gasteiger partial charge in [-0.1, -0.05) is 60.7 Å². The smallest absolute Gasteiger partial charge is 0.274 e. The zero-order chi connectivity index (χ0) is 19.1. The molecule has 1 aliphatic rings. The van der Waals surface area contributed by atoms with Crippen LogP contribution in [-0.2, 0) is 22.4 Å². The summed E-state index contributed by atoms with van der Waals surface area (Å²) in [5.74, 6) is -0.783. The molecule has 5 heteroatoms. The van der Waals surface area contributed by atoms with Crippen molar-refractivity contribution < 1.29 is 14.4 Å². The van der Waals surface area contributed by atoms with Gasteiger partial charge in [-0.15, -0.1) is 0 Å². The summed E-state index contributed by atoms with van der Waals surface area (Å²) in [6.45, 7) is 0.685. The lowest BCUT2D eigenvalue weighted by Crippen LogP contribution is -2.55. The van der Waals surface area contributed by atoms with Crippen LogP contribution in [0.1, 0.15) is 30.4 Å². The summed E-state index contributed by atoms with van der Waals surface area (Å²) in [6, 6.07) is 19.4. The number of rotatable bonds is 8. The highest BCUT2D eigenvalue weighted by Gasteiger charge is 2.36. The van der Waals surface area contributed by atoms with Crippen molar-refractivity contribution in [2.45, 2.75) is 32.1 Å². The van der Waals surface area contributed by atoms with Crippen LogP contribution in [0.15, 0.2) is 60.7 Å². The molecule has 4 amide bonds. The number of hydrogen-bond acceptors (Lipinski definition) is 3. The molecule has 0 spiro atoms. The largest absolute Gasteiger partial charge is 0.333 e. The third kappa shape index (κ3) is 5.03. The highest BCUT2D eigenvalue weighted by molar-refractivity contribution is 6.14. The van der Waals surface area contributed by atoms with E-state index in [1.165, 1.54) is 20.9 Å². The van der Waals surface area contributed by atoms with Crippen LogP contribution < -0.4 is 0 Å². The van der Waals surface area contributed by atoms with Crippen molar-refractivity contribution in [2.75, 3.05) is 13.1 Å². The summed E-state index contributed by atoms with van der Waals surface area (Å²) >= 11 is 0. The summed E-state index contributed by atoms with van der Waals surface area (Å²) < 4.78 is 0. The van der Waals surface area contributed by atoms with Gasteiger partial charge in [0.15, 0.2) is 0 Å². The Balaban J connectivity index is 1.53. The Morgan fingerprint density at radius 2 is 1.04 bits per heavy atom. The Hall–Kier alpha value is -2.95. The molecule has 140 valence electrons. The molecule has 2 aromatic carbocycles. The highest BCUT2D eigenvalue weighted by atomic mass is 16.2. The molecule has 1 saturated heterocycles. The van der Waals surface area contributed by atoms with E-state index >= 15 is 0 Å². The predicted octanol–water partition coefficient (Wildman–Crippen LogP) is 3.43. The zero-order valence-corrected chi connectivity index (χ0v) is 15.3. The van der Waals surface area contributed by atoms with Gasteiger partial charge in [-0.05, 0) is 36.8 Å². The van der Waals surface area contributed by atoms with Crippen LogP contribution >= 0.6 is 0 Å². The molecule has 0 radical (unpaired) electrons. The molecule has 2 aromatic rings. The second-order valence-corrected chi connectivity index (χ2v) is 6.73. The average molecular weight is 364 g/mol. The lowest BCUT2D eigenvalue weighted by atomic mass is 10.1. The molecule has 0 aromatic heterocycles. The van der Waals surface area contributed by atoms with Crippen LogP contribution in [0.25, 0.3) is 0 Å². The summed E-state index contributed by atoms with van der Waals surface area (Å²) in [6.07, 6.45) is 2.74. The molecule has 0 bridgehead atoms. The van der Waals surface area contributed by atoms with Gasteiger partial charge in [0.2, 0.25) is 11.8 Å².